The van der Waals surface area contributed by atoms with E-state index in [2.05, 4.69) is 19.1 Å². The zero-order chi connectivity index (χ0) is 28.2. The standard InChI is InChI=1S/C33H56O7/c1-3-12-24-21-25(22-24)29(39-32-15-8-10-19-37-32)18-17-27-26(13-6-4-5-7-14-31(35)36-2)28(34)23-30(27)40-33-16-9-11-20-38-33/h17-18,24-30,32-34H,3-16,19-23H2,1-2H3/t24-,25-,26-,27-,28+,29-,30-,32?,33?/m1/s1. The molecule has 7 nitrogen and oxygen atoms in total. The number of rotatable bonds is 16. The summed E-state index contributed by atoms with van der Waals surface area (Å²) in [5, 5.41) is 11.2. The van der Waals surface area contributed by atoms with Crippen LogP contribution in [0, 0.1) is 23.7 Å². The lowest BCUT2D eigenvalue weighted by Crippen LogP contribution is -2.38. The Kier molecular flexibility index (Phi) is 13.7. The number of carbonyl (C=O) groups is 1. The van der Waals surface area contributed by atoms with E-state index < -0.39 is 0 Å². The molecular formula is C33H56O7. The van der Waals surface area contributed by atoms with Crippen molar-refractivity contribution in [2.24, 2.45) is 23.7 Å². The summed E-state index contributed by atoms with van der Waals surface area (Å²) >= 11 is 0. The van der Waals surface area contributed by atoms with Crippen molar-refractivity contribution in [1.82, 2.24) is 0 Å². The van der Waals surface area contributed by atoms with E-state index in [0.29, 0.717) is 18.8 Å². The van der Waals surface area contributed by atoms with Gasteiger partial charge in [-0.15, -0.1) is 0 Å². The number of esters is 1. The van der Waals surface area contributed by atoms with Crippen molar-refractivity contribution in [2.45, 2.75) is 147 Å². The van der Waals surface area contributed by atoms with E-state index in [0.717, 1.165) is 89.8 Å². The van der Waals surface area contributed by atoms with Crippen LogP contribution in [-0.4, -0.2) is 62.3 Å². The minimum Gasteiger partial charge on any atom is -0.469 e. The van der Waals surface area contributed by atoms with Gasteiger partial charge in [0, 0.05) is 32.0 Å². The predicted octanol–water partition coefficient (Wildman–Crippen LogP) is 6.70. The van der Waals surface area contributed by atoms with Gasteiger partial charge in [0.2, 0.25) is 0 Å². The molecule has 4 rings (SSSR count). The van der Waals surface area contributed by atoms with E-state index in [9.17, 15) is 9.90 Å². The summed E-state index contributed by atoms with van der Waals surface area (Å²) < 4.78 is 29.8. The molecule has 0 aromatic carbocycles. The molecule has 2 unspecified atom stereocenters. The van der Waals surface area contributed by atoms with Crippen LogP contribution in [0.3, 0.4) is 0 Å². The van der Waals surface area contributed by atoms with Gasteiger partial charge in [0.15, 0.2) is 12.6 Å². The van der Waals surface area contributed by atoms with Crippen LogP contribution in [0.1, 0.15) is 116 Å². The topological polar surface area (TPSA) is 83.5 Å². The van der Waals surface area contributed by atoms with Crippen molar-refractivity contribution in [3.63, 3.8) is 0 Å². The Morgan fingerprint density at radius 2 is 1.68 bits per heavy atom. The molecule has 2 aliphatic heterocycles. The van der Waals surface area contributed by atoms with E-state index in [1.165, 1.54) is 32.8 Å². The average molecular weight is 565 g/mol. The van der Waals surface area contributed by atoms with Gasteiger partial charge in [0.05, 0.1) is 25.4 Å². The molecule has 4 aliphatic rings. The van der Waals surface area contributed by atoms with Gasteiger partial charge in [0.25, 0.3) is 0 Å². The summed E-state index contributed by atoms with van der Waals surface area (Å²) in [6, 6.07) is 0. The normalized spacial score (nSPS) is 35.5. The van der Waals surface area contributed by atoms with Crippen LogP contribution < -0.4 is 0 Å². The minimum absolute atomic E-state index is 0.0421. The molecule has 0 radical (unpaired) electrons. The summed E-state index contributed by atoms with van der Waals surface area (Å²) in [5.74, 6) is 1.52. The lowest BCUT2D eigenvalue weighted by Gasteiger charge is -2.41. The van der Waals surface area contributed by atoms with Gasteiger partial charge in [-0.2, -0.15) is 0 Å². The van der Waals surface area contributed by atoms with Gasteiger partial charge in [-0.25, -0.2) is 0 Å². The Bertz CT molecular complexity index is 739. The van der Waals surface area contributed by atoms with E-state index in [1.54, 1.807) is 0 Å². The van der Waals surface area contributed by atoms with E-state index >= 15 is 0 Å². The zero-order valence-electron chi connectivity index (χ0n) is 25.2. The quantitative estimate of drug-likeness (QED) is 0.127. The fourth-order valence-electron chi connectivity index (χ4n) is 7.26. The van der Waals surface area contributed by atoms with Crippen molar-refractivity contribution < 1.29 is 33.6 Å². The molecule has 0 aromatic rings. The van der Waals surface area contributed by atoms with Crippen molar-refractivity contribution in [3.05, 3.63) is 12.2 Å². The smallest absolute Gasteiger partial charge is 0.305 e. The largest absolute Gasteiger partial charge is 0.469 e. The zero-order valence-corrected chi connectivity index (χ0v) is 25.2. The van der Waals surface area contributed by atoms with E-state index in [4.69, 9.17) is 23.7 Å². The van der Waals surface area contributed by atoms with Crippen LogP contribution in [-0.2, 0) is 28.5 Å². The SMILES string of the molecule is CCC[C@H]1C[C@H]([C@@H](C=C[C@@H]2[C@@H](CCCCCCC(=O)OC)[C@@H](O)C[C@H]2OC2CCCCO2)OC2CCCCO2)C1. The number of hydrogen-bond acceptors (Lipinski definition) is 7. The molecule has 2 heterocycles. The second-order valence-electron chi connectivity index (χ2n) is 12.7. The third-order valence-electron chi connectivity index (χ3n) is 9.66. The predicted molar refractivity (Wildman–Crippen MR) is 155 cm³/mol. The van der Waals surface area contributed by atoms with Gasteiger partial charge in [-0.1, -0.05) is 51.2 Å². The van der Waals surface area contributed by atoms with Gasteiger partial charge in [-0.3, -0.25) is 4.79 Å². The molecule has 0 spiro atoms. The number of methoxy groups -OCH3 is 1. The lowest BCUT2D eigenvalue weighted by atomic mass is 9.70. The second-order valence-corrected chi connectivity index (χ2v) is 12.7. The first-order valence-electron chi connectivity index (χ1n) is 16.5. The fourth-order valence-corrected chi connectivity index (χ4v) is 7.26. The van der Waals surface area contributed by atoms with E-state index in [-0.39, 0.29) is 48.7 Å². The molecule has 40 heavy (non-hydrogen) atoms. The molecule has 4 fully saturated rings. The Hall–Kier alpha value is -0.990. The number of carbonyl (C=O) groups excluding carboxylic acids is 1. The maximum absolute atomic E-state index is 11.4. The van der Waals surface area contributed by atoms with Gasteiger partial charge in [0.1, 0.15) is 0 Å². The number of aliphatic hydroxyl groups is 1. The first-order valence-corrected chi connectivity index (χ1v) is 16.5. The van der Waals surface area contributed by atoms with Crippen molar-refractivity contribution >= 4 is 5.97 Å². The number of aliphatic hydroxyl groups excluding tert-OH is 1. The molecule has 7 heteroatoms. The van der Waals surface area contributed by atoms with Crippen LogP contribution in [0.5, 0.6) is 0 Å². The minimum atomic E-state index is -0.378. The first-order chi connectivity index (χ1) is 19.6. The summed E-state index contributed by atoms with van der Waals surface area (Å²) in [7, 11) is 1.45. The van der Waals surface area contributed by atoms with Crippen LogP contribution in [0.2, 0.25) is 0 Å². The molecule has 7 atom stereocenters. The molecule has 2 saturated carbocycles. The van der Waals surface area contributed by atoms with Crippen molar-refractivity contribution in [1.29, 1.82) is 0 Å². The van der Waals surface area contributed by atoms with Crippen LogP contribution in [0.4, 0.5) is 0 Å². The van der Waals surface area contributed by atoms with Crippen LogP contribution >= 0.6 is 0 Å². The molecular weight excluding hydrogens is 508 g/mol. The Morgan fingerprint density at radius 1 is 0.950 bits per heavy atom. The fraction of sp³-hybridized carbons (Fsp3) is 0.909. The highest BCUT2D eigenvalue weighted by Gasteiger charge is 2.43. The summed E-state index contributed by atoms with van der Waals surface area (Å²) in [6.45, 7) is 3.82. The van der Waals surface area contributed by atoms with Crippen molar-refractivity contribution in [3.8, 4) is 0 Å². The molecule has 1 N–H and O–H groups in total. The van der Waals surface area contributed by atoms with Crippen molar-refractivity contribution in [2.75, 3.05) is 20.3 Å². The summed E-state index contributed by atoms with van der Waals surface area (Å²) in [4.78, 5) is 11.4. The third-order valence-corrected chi connectivity index (χ3v) is 9.66. The molecule has 230 valence electrons. The molecule has 2 aliphatic carbocycles. The molecule has 2 saturated heterocycles. The number of ether oxygens (including phenoxy) is 5. The highest BCUT2D eigenvalue weighted by Crippen LogP contribution is 2.43. The Morgan fingerprint density at radius 3 is 2.35 bits per heavy atom. The molecule has 0 bridgehead atoms. The van der Waals surface area contributed by atoms with Gasteiger partial charge >= 0.3 is 5.97 Å². The Labute approximate surface area is 242 Å². The third kappa shape index (κ3) is 9.79. The average Bonchev–Trinajstić information content (AvgIpc) is 3.24. The Balaban J connectivity index is 1.39. The van der Waals surface area contributed by atoms with Gasteiger partial charge in [-0.05, 0) is 82.0 Å². The van der Waals surface area contributed by atoms with Gasteiger partial charge < -0.3 is 28.8 Å². The van der Waals surface area contributed by atoms with Crippen LogP contribution in [0.15, 0.2) is 12.2 Å². The summed E-state index contributed by atoms with van der Waals surface area (Å²) in [5.41, 5.74) is 0. The van der Waals surface area contributed by atoms with E-state index in [1.807, 2.05) is 0 Å². The molecule has 0 amide bonds. The maximum Gasteiger partial charge on any atom is 0.305 e. The van der Waals surface area contributed by atoms with Crippen LogP contribution in [0.25, 0.3) is 0 Å². The maximum atomic E-state index is 11.4. The second kappa shape index (κ2) is 17.2. The highest BCUT2D eigenvalue weighted by atomic mass is 16.7. The highest BCUT2D eigenvalue weighted by molar-refractivity contribution is 5.68. The monoisotopic (exact) mass is 564 g/mol. The number of hydrogen-bond donors (Lipinski definition) is 1. The molecule has 0 aromatic heterocycles. The summed E-state index contributed by atoms with van der Waals surface area (Å²) in [6.07, 6.45) is 21.5. The lowest BCUT2D eigenvalue weighted by molar-refractivity contribution is -0.196. The first kappa shape index (κ1) is 31.9. The number of unbranched alkanes of at least 4 members (excludes halogenated alkanes) is 3.